The monoisotopic (exact) mass is 404 g/mol. The van der Waals surface area contributed by atoms with Gasteiger partial charge in [-0.3, -0.25) is 19.0 Å². The molecule has 0 amide bonds. The predicted molar refractivity (Wildman–Crippen MR) is 111 cm³/mol. The summed E-state index contributed by atoms with van der Waals surface area (Å²) in [5.74, 6) is 0.435. The fourth-order valence-electron chi connectivity index (χ4n) is 3.91. The topological polar surface area (TPSA) is 114 Å². The number of Topliss-reactive ketones (excluding diaryl/α,β-unsaturated/α-hetero) is 1. The largest absolute Gasteiger partial charge is 0.341 e. The van der Waals surface area contributed by atoms with Crippen LogP contribution >= 0.6 is 0 Å². The third-order valence-electron chi connectivity index (χ3n) is 5.59. The van der Waals surface area contributed by atoms with Gasteiger partial charge in [0.2, 0.25) is 5.95 Å². The summed E-state index contributed by atoms with van der Waals surface area (Å²) in [6, 6.07) is 6.89. The number of hydrogen-bond acceptors (Lipinski definition) is 7. The first kappa shape index (κ1) is 19.5. The summed E-state index contributed by atoms with van der Waals surface area (Å²) >= 11 is 0. The molecule has 152 valence electrons. The number of rotatable bonds is 3. The zero-order chi connectivity index (χ0) is 21.4. The van der Waals surface area contributed by atoms with E-state index in [-0.39, 0.29) is 11.8 Å². The first-order valence-corrected chi connectivity index (χ1v) is 9.64. The van der Waals surface area contributed by atoms with Crippen molar-refractivity contribution in [3.63, 3.8) is 0 Å². The minimum Gasteiger partial charge on any atom is -0.341 e. The van der Waals surface area contributed by atoms with E-state index < -0.39 is 11.1 Å². The zero-order valence-corrected chi connectivity index (χ0v) is 16.7. The molecule has 3 aromatic rings. The molecule has 0 spiro atoms. The number of aryl methyl sites for hydroxylation is 1. The van der Waals surface area contributed by atoms with Gasteiger partial charge in [-0.05, 0) is 38.0 Å². The number of ketones is 1. The summed E-state index contributed by atoms with van der Waals surface area (Å²) < 4.78 is 2.87. The smallest absolute Gasteiger partial charge is 0.317 e. The molecule has 9 heteroatoms. The van der Waals surface area contributed by atoms with Crippen molar-refractivity contribution in [3.8, 4) is 6.07 Å². The number of hydrogen-bond donors (Lipinski definition) is 0. The van der Waals surface area contributed by atoms with Crippen LogP contribution in [0, 0.1) is 11.3 Å². The molecule has 0 saturated carbocycles. The van der Waals surface area contributed by atoms with Gasteiger partial charge >= 0.3 is 11.1 Å². The van der Waals surface area contributed by atoms with Gasteiger partial charge in [-0.2, -0.15) is 5.26 Å². The Morgan fingerprint density at radius 2 is 1.77 bits per heavy atom. The van der Waals surface area contributed by atoms with Crippen LogP contribution in [0.25, 0.3) is 11.0 Å². The van der Waals surface area contributed by atoms with E-state index in [4.69, 9.17) is 5.26 Å². The first-order valence-electron chi connectivity index (χ1n) is 9.64. The molecule has 1 aliphatic heterocycles. The van der Waals surface area contributed by atoms with Gasteiger partial charge in [0.25, 0.3) is 0 Å². The Kier molecular flexibility index (Phi) is 4.91. The van der Waals surface area contributed by atoms with Crippen molar-refractivity contribution in [2.75, 3.05) is 18.0 Å². The molecule has 0 aliphatic carbocycles. The third kappa shape index (κ3) is 3.26. The SMILES string of the molecule is CC(=O)c1ccc2c(c1)n(C1CCN(c3ncc(C#N)cn3)CC1)c(=O)c(=O)n2C. The molecule has 4 rings (SSSR count). The molecule has 0 bridgehead atoms. The molecule has 3 heterocycles. The summed E-state index contributed by atoms with van der Waals surface area (Å²) in [7, 11) is 1.56. The molecule has 1 aliphatic rings. The Bertz CT molecular complexity index is 1290. The third-order valence-corrected chi connectivity index (χ3v) is 5.59. The van der Waals surface area contributed by atoms with Crippen molar-refractivity contribution >= 4 is 22.8 Å². The van der Waals surface area contributed by atoms with Gasteiger partial charge in [-0.15, -0.1) is 0 Å². The van der Waals surface area contributed by atoms with Crippen molar-refractivity contribution in [2.45, 2.75) is 25.8 Å². The maximum absolute atomic E-state index is 12.9. The lowest BCUT2D eigenvalue weighted by Gasteiger charge is -2.33. The van der Waals surface area contributed by atoms with E-state index in [1.165, 1.54) is 23.9 Å². The Hall–Kier alpha value is -3.80. The minimum atomic E-state index is -0.587. The number of nitrogens with zero attached hydrogens (tertiary/aromatic N) is 6. The van der Waals surface area contributed by atoms with Crippen molar-refractivity contribution in [1.29, 1.82) is 5.26 Å². The second kappa shape index (κ2) is 7.55. The van der Waals surface area contributed by atoms with Crippen LogP contribution in [0.5, 0.6) is 0 Å². The first-order chi connectivity index (χ1) is 14.4. The van der Waals surface area contributed by atoms with E-state index in [0.717, 1.165) is 0 Å². The Balaban J connectivity index is 1.70. The van der Waals surface area contributed by atoms with Crippen LogP contribution in [-0.2, 0) is 7.05 Å². The van der Waals surface area contributed by atoms with Gasteiger partial charge in [-0.25, -0.2) is 9.97 Å². The lowest BCUT2D eigenvalue weighted by molar-refractivity contribution is 0.101. The lowest BCUT2D eigenvalue weighted by atomic mass is 10.0. The van der Waals surface area contributed by atoms with Crippen LogP contribution < -0.4 is 16.0 Å². The molecule has 30 heavy (non-hydrogen) atoms. The number of benzene rings is 1. The Morgan fingerprint density at radius 1 is 1.10 bits per heavy atom. The molecular formula is C21H20N6O3. The summed E-state index contributed by atoms with van der Waals surface area (Å²) in [5, 5.41) is 8.88. The fourth-order valence-corrected chi connectivity index (χ4v) is 3.91. The molecule has 2 aromatic heterocycles. The van der Waals surface area contributed by atoms with Gasteiger partial charge < -0.3 is 9.47 Å². The van der Waals surface area contributed by atoms with Gasteiger partial charge in [0.05, 0.1) is 29.0 Å². The molecule has 9 nitrogen and oxygen atoms in total. The number of carbonyl (C=O) groups excluding carboxylic acids is 1. The molecule has 0 radical (unpaired) electrons. The maximum Gasteiger partial charge on any atom is 0.317 e. The highest BCUT2D eigenvalue weighted by atomic mass is 16.2. The summed E-state index contributed by atoms with van der Waals surface area (Å²) in [6.45, 7) is 2.68. The van der Waals surface area contributed by atoms with E-state index in [1.807, 2.05) is 11.0 Å². The minimum absolute atomic E-state index is 0.0995. The standard InChI is InChI=1S/C21H20N6O3/c1-13(28)15-3-4-17-18(9-15)27(20(30)19(29)25(17)2)16-5-7-26(8-6-16)21-23-11-14(10-22)12-24-21/h3-4,9,11-12,16H,5-8H2,1-2H3. The second-order valence-corrected chi connectivity index (χ2v) is 7.40. The van der Waals surface area contributed by atoms with E-state index in [1.54, 1.807) is 29.8 Å². The van der Waals surface area contributed by atoms with E-state index >= 15 is 0 Å². The maximum atomic E-state index is 12.9. The van der Waals surface area contributed by atoms with E-state index in [2.05, 4.69) is 9.97 Å². The van der Waals surface area contributed by atoms with Crippen LogP contribution in [0.2, 0.25) is 0 Å². The van der Waals surface area contributed by atoms with E-state index in [9.17, 15) is 14.4 Å². The molecule has 1 aromatic carbocycles. The van der Waals surface area contributed by atoms with Crippen LogP contribution in [0.1, 0.15) is 41.7 Å². The molecule has 0 unspecified atom stereocenters. The second-order valence-electron chi connectivity index (χ2n) is 7.40. The van der Waals surface area contributed by atoms with Gasteiger partial charge in [0.1, 0.15) is 6.07 Å². The molecular weight excluding hydrogens is 384 g/mol. The summed E-state index contributed by atoms with van der Waals surface area (Å²) in [5.41, 5.74) is 0.922. The molecule has 1 fully saturated rings. The number of anilines is 1. The fraction of sp³-hybridized carbons (Fsp3) is 0.333. The Morgan fingerprint density at radius 3 is 2.37 bits per heavy atom. The van der Waals surface area contributed by atoms with Crippen LogP contribution in [0.4, 0.5) is 5.95 Å². The van der Waals surface area contributed by atoms with Crippen molar-refractivity contribution < 1.29 is 4.79 Å². The average molecular weight is 404 g/mol. The van der Waals surface area contributed by atoms with Crippen molar-refractivity contribution in [1.82, 2.24) is 19.1 Å². The Labute approximate surface area is 171 Å². The highest BCUT2D eigenvalue weighted by molar-refractivity contribution is 5.97. The molecule has 1 saturated heterocycles. The van der Waals surface area contributed by atoms with Crippen LogP contribution in [-0.4, -0.2) is 38.0 Å². The highest BCUT2D eigenvalue weighted by Gasteiger charge is 2.26. The highest BCUT2D eigenvalue weighted by Crippen LogP contribution is 2.26. The van der Waals surface area contributed by atoms with Gasteiger partial charge in [-0.1, -0.05) is 0 Å². The number of fused-ring (bicyclic) bond motifs is 1. The normalized spacial score (nSPS) is 14.6. The summed E-state index contributed by atoms with van der Waals surface area (Å²) in [4.78, 5) is 47.7. The number of aromatic nitrogens is 4. The van der Waals surface area contributed by atoms with Gasteiger partial charge in [0.15, 0.2) is 5.78 Å². The number of carbonyl (C=O) groups is 1. The van der Waals surface area contributed by atoms with Crippen LogP contribution in [0.3, 0.4) is 0 Å². The summed E-state index contributed by atoms with van der Waals surface area (Å²) in [6.07, 6.45) is 4.21. The van der Waals surface area contributed by atoms with Gasteiger partial charge in [0, 0.05) is 31.7 Å². The number of nitriles is 1. The lowest BCUT2D eigenvalue weighted by Crippen LogP contribution is -2.45. The van der Waals surface area contributed by atoms with Crippen LogP contribution in [0.15, 0.2) is 40.2 Å². The molecule has 0 N–H and O–H groups in total. The average Bonchev–Trinajstić information content (AvgIpc) is 2.78. The van der Waals surface area contributed by atoms with E-state index in [0.29, 0.717) is 54.0 Å². The number of piperidine rings is 1. The quantitative estimate of drug-likeness (QED) is 0.479. The zero-order valence-electron chi connectivity index (χ0n) is 16.7. The molecule has 0 atom stereocenters. The van der Waals surface area contributed by atoms with Crippen molar-refractivity contribution in [2.24, 2.45) is 7.05 Å². The predicted octanol–water partition coefficient (Wildman–Crippen LogP) is 1.41. The van der Waals surface area contributed by atoms with Crippen molar-refractivity contribution in [3.05, 3.63) is 62.4 Å².